The zero-order valence-corrected chi connectivity index (χ0v) is 12.0. The first kappa shape index (κ1) is 14.0. The number of ether oxygens (including phenoxy) is 1. The van der Waals surface area contributed by atoms with Crippen molar-refractivity contribution in [3.63, 3.8) is 0 Å². The van der Waals surface area contributed by atoms with E-state index in [9.17, 15) is 4.79 Å². The first-order valence-electron chi connectivity index (χ1n) is 7.52. The Hall–Kier alpha value is -1.95. The van der Waals surface area contributed by atoms with Gasteiger partial charge in [0.2, 0.25) is 5.91 Å². The summed E-state index contributed by atoms with van der Waals surface area (Å²) in [6, 6.07) is 7.88. The third-order valence-corrected chi connectivity index (χ3v) is 3.74. The van der Waals surface area contributed by atoms with E-state index in [0.717, 1.165) is 43.3 Å². The number of rotatable bonds is 5. The predicted octanol–water partition coefficient (Wildman–Crippen LogP) is 1.51. The molecule has 3 rings (SSSR count). The van der Waals surface area contributed by atoms with Gasteiger partial charge >= 0.3 is 0 Å². The first-order chi connectivity index (χ1) is 10.3. The van der Waals surface area contributed by atoms with E-state index in [2.05, 4.69) is 15.6 Å². The maximum absolute atomic E-state index is 11.9. The smallest absolute Gasteiger partial charge is 0.249 e. The summed E-state index contributed by atoms with van der Waals surface area (Å²) in [5.74, 6) is 0.0122. The molecule has 0 radical (unpaired) electrons. The van der Waals surface area contributed by atoms with Gasteiger partial charge in [-0.05, 0) is 37.8 Å². The molecule has 0 unspecified atom stereocenters. The molecule has 112 valence electrons. The number of amides is 1. The number of fused-ring (bicyclic) bond motifs is 1. The van der Waals surface area contributed by atoms with Crippen LogP contribution < -0.4 is 5.32 Å². The maximum atomic E-state index is 11.9. The monoisotopic (exact) mass is 288 g/mol. The molecule has 1 aliphatic heterocycles. The molecule has 1 N–H and O–H groups in total. The fraction of sp³-hybridized carbons (Fsp3) is 0.533. The van der Waals surface area contributed by atoms with Gasteiger partial charge in [0.15, 0.2) is 0 Å². The van der Waals surface area contributed by atoms with Crippen LogP contribution in [0.1, 0.15) is 25.7 Å². The van der Waals surface area contributed by atoms with Gasteiger partial charge in [0, 0.05) is 19.7 Å². The highest BCUT2D eigenvalue weighted by atomic mass is 16.5. The highest BCUT2D eigenvalue weighted by Crippen LogP contribution is 2.12. The molecule has 1 atom stereocenters. The number of hydrogen-bond donors (Lipinski definition) is 1. The lowest BCUT2D eigenvalue weighted by molar-refractivity contribution is -0.135. The molecule has 1 aromatic carbocycles. The van der Waals surface area contributed by atoms with Crippen molar-refractivity contribution in [1.82, 2.24) is 20.3 Å². The van der Waals surface area contributed by atoms with Crippen LogP contribution in [-0.4, -0.2) is 40.2 Å². The Balaban J connectivity index is 1.44. The fourth-order valence-electron chi connectivity index (χ4n) is 2.58. The molecule has 6 nitrogen and oxygen atoms in total. The summed E-state index contributed by atoms with van der Waals surface area (Å²) in [5, 5.41) is 11.2. The number of nitrogens with zero attached hydrogens (tertiary/aromatic N) is 3. The zero-order valence-electron chi connectivity index (χ0n) is 12.0. The summed E-state index contributed by atoms with van der Waals surface area (Å²) in [5.41, 5.74) is 1.93. The van der Waals surface area contributed by atoms with Crippen molar-refractivity contribution in [2.24, 2.45) is 0 Å². The molecule has 0 saturated carbocycles. The third kappa shape index (κ3) is 3.39. The van der Waals surface area contributed by atoms with Gasteiger partial charge in [0.25, 0.3) is 0 Å². The van der Waals surface area contributed by atoms with Crippen LogP contribution in [0.15, 0.2) is 24.3 Å². The zero-order chi connectivity index (χ0) is 14.5. The number of carbonyl (C=O) groups excluding carboxylic acids is 1. The molecule has 1 saturated heterocycles. The largest absolute Gasteiger partial charge is 0.368 e. The minimum absolute atomic E-state index is 0.0122. The molecule has 1 fully saturated rings. The summed E-state index contributed by atoms with van der Waals surface area (Å²) in [7, 11) is 0. The number of nitrogens with one attached hydrogen (secondary N) is 1. The van der Waals surface area contributed by atoms with Crippen molar-refractivity contribution in [3.8, 4) is 0 Å². The van der Waals surface area contributed by atoms with Crippen LogP contribution in [-0.2, 0) is 16.1 Å². The van der Waals surface area contributed by atoms with E-state index < -0.39 is 0 Å². The molecule has 2 aromatic rings. The van der Waals surface area contributed by atoms with Crippen LogP contribution in [0.3, 0.4) is 0 Å². The van der Waals surface area contributed by atoms with Gasteiger partial charge < -0.3 is 10.1 Å². The van der Waals surface area contributed by atoms with E-state index in [1.807, 2.05) is 28.9 Å². The van der Waals surface area contributed by atoms with Crippen molar-refractivity contribution in [2.75, 3.05) is 13.2 Å². The summed E-state index contributed by atoms with van der Waals surface area (Å²) in [6.45, 7) is 2.07. The van der Waals surface area contributed by atoms with E-state index in [1.54, 1.807) is 0 Å². The highest BCUT2D eigenvalue weighted by Gasteiger charge is 2.21. The molecule has 2 heterocycles. The Kier molecular flexibility index (Phi) is 4.45. The van der Waals surface area contributed by atoms with Gasteiger partial charge in [0.05, 0.1) is 5.52 Å². The average molecular weight is 288 g/mol. The Labute approximate surface area is 123 Å². The van der Waals surface area contributed by atoms with Crippen molar-refractivity contribution >= 4 is 16.9 Å². The Morgan fingerprint density at radius 1 is 1.38 bits per heavy atom. The van der Waals surface area contributed by atoms with Gasteiger partial charge in [-0.1, -0.05) is 17.3 Å². The first-order valence-corrected chi connectivity index (χ1v) is 7.52. The van der Waals surface area contributed by atoms with Crippen molar-refractivity contribution < 1.29 is 9.53 Å². The van der Waals surface area contributed by atoms with E-state index >= 15 is 0 Å². The Bertz CT molecular complexity index is 604. The second kappa shape index (κ2) is 6.67. The molecule has 6 heteroatoms. The summed E-state index contributed by atoms with van der Waals surface area (Å²) >= 11 is 0. The normalized spacial score (nSPS) is 18.8. The lowest BCUT2D eigenvalue weighted by atomic mass is 10.1. The number of hydrogen-bond acceptors (Lipinski definition) is 4. The number of aryl methyl sites for hydroxylation is 1. The lowest BCUT2D eigenvalue weighted by Gasteiger charge is -2.21. The molecule has 1 amide bonds. The molecule has 1 aromatic heterocycles. The molecule has 21 heavy (non-hydrogen) atoms. The lowest BCUT2D eigenvalue weighted by Crippen LogP contribution is -2.38. The van der Waals surface area contributed by atoms with Gasteiger partial charge in [-0.25, -0.2) is 4.68 Å². The number of carbonyl (C=O) groups is 1. The highest BCUT2D eigenvalue weighted by molar-refractivity contribution is 5.80. The molecular formula is C15H20N4O2. The van der Waals surface area contributed by atoms with Gasteiger partial charge in [-0.3, -0.25) is 4.79 Å². The van der Waals surface area contributed by atoms with Crippen molar-refractivity contribution in [2.45, 2.75) is 38.3 Å². The minimum Gasteiger partial charge on any atom is -0.368 e. The summed E-state index contributed by atoms with van der Waals surface area (Å²) in [4.78, 5) is 11.9. The van der Waals surface area contributed by atoms with Crippen molar-refractivity contribution in [3.05, 3.63) is 24.3 Å². The molecule has 0 aliphatic carbocycles. The van der Waals surface area contributed by atoms with Gasteiger partial charge in [-0.2, -0.15) is 0 Å². The third-order valence-electron chi connectivity index (χ3n) is 3.74. The van der Waals surface area contributed by atoms with Gasteiger partial charge in [-0.15, -0.1) is 5.10 Å². The van der Waals surface area contributed by atoms with Crippen LogP contribution in [0.4, 0.5) is 0 Å². The molecule has 1 aliphatic rings. The topological polar surface area (TPSA) is 69.0 Å². The molecule has 0 bridgehead atoms. The van der Waals surface area contributed by atoms with E-state index in [-0.39, 0.29) is 12.0 Å². The number of benzene rings is 1. The molecule has 0 spiro atoms. The quantitative estimate of drug-likeness (QED) is 0.847. The second-order valence-corrected chi connectivity index (χ2v) is 5.30. The standard InChI is InChI=1S/C15H20N4O2/c20-15(14-8-3-4-11-21-14)16-9-5-10-19-13-7-2-1-6-12(13)17-18-19/h1-2,6-7,14H,3-5,8-11H2,(H,16,20)/t14-/m1/s1. The van der Waals surface area contributed by atoms with E-state index in [4.69, 9.17) is 4.74 Å². The van der Waals surface area contributed by atoms with Crippen molar-refractivity contribution in [1.29, 1.82) is 0 Å². The van der Waals surface area contributed by atoms with Crippen LogP contribution >= 0.6 is 0 Å². The molecular weight excluding hydrogens is 268 g/mol. The van der Waals surface area contributed by atoms with E-state index in [1.165, 1.54) is 0 Å². The second-order valence-electron chi connectivity index (χ2n) is 5.30. The fourth-order valence-corrected chi connectivity index (χ4v) is 2.58. The van der Waals surface area contributed by atoms with Gasteiger partial charge in [0.1, 0.15) is 11.6 Å². The Morgan fingerprint density at radius 3 is 3.14 bits per heavy atom. The maximum Gasteiger partial charge on any atom is 0.249 e. The average Bonchev–Trinajstić information content (AvgIpc) is 2.95. The SMILES string of the molecule is O=C(NCCCn1nnc2ccccc21)[C@H]1CCCCO1. The number of para-hydroxylation sites is 1. The Morgan fingerprint density at radius 2 is 2.29 bits per heavy atom. The summed E-state index contributed by atoms with van der Waals surface area (Å²) in [6.07, 6.45) is 3.53. The minimum atomic E-state index is -0.258. The predicted molar refractivity (Wildman–Crippen MR) is 78.7 cm³/mol. The van der Waals surface area contributed by atoms with Crippen LogP contribution in [0.25, 0.3) is 11.0 Å². The van der Waals surface area contributed by atoms with Crippen LogP contribution in [0, 0.1) is 0 Å². The number of aromatic nitrogens is 3. The van der Waals surface area contributed by atoms with E-state index in [0.29, 0.717) is 13.2 Å². The van der Waals surface area contributed by atoms with Crippen LogP contribution in [0.2, 0.25) is 0 Å². The summed E-state index contributed by atoms with van der Waals surface area (Å²) < 4.78 is 7.33. The van der Waals surface area contributed by atoms with Crippen LogP contribution in [0.5, 0.6) is 0 Å².